The number of nitrogens with one attached hydrogen (secondary N) is 2. The van der Waals surface area contributed by atoms with Crippen molar-refractivity contribution in [3.63, 3.8) is 0 Å². The number of hydrogen-bond donors (Lipinski definition) is 2. The van der Waals surface area contributed by atoms with E-state index < -0.39 is 15.9 Å². The lowest BCUT2D eigenvalue weighted by molar-refractivity contribution is -0.114. The molecule has 166 valence electrons. The van der Waals surface area contributed by atoms with Gasteiger partial charge in [0.2, 0.25) is 15.9 Å². The Hall–Kier alpha value is -2.91. The van der Waals surface area contributed by atoms with Gasteiger partial charge in [-0.3, -0.25) is 9.59 Å². The van der Waals surface area contributed by atoms with Crippen molar-refractivity contribution in [3.05, 3.63) is 48.0 Å². The molecule has 0 aliphatic carbocycles. The number of anilines is 2. The Morgan fingerprint density at radius 2 is 1.77 bits per heavy atom. The van der Waals surface area contributed by atoms with Crippen LogP contribution in [0.15, 0.2) is 47.4 Å². The molecule has 2 amide bonds. The van der Waals surface area contributed by atoms with Crippen LogP contribution in [0.3, 0.4) is 0 Å². The third-order valence-corrected chi connectivity index (χ3v) is 7.26. The van der Waals surface area contributed by atoms with Gasteiger partial charge in [0, 0.05) is 30.8 Å². The molecule has 1 heterocycles. The Morgan fingerprint density at radius 3 is 2.39 bits per heavy atom. The maximum atomic E-state index is 13.0. The van der Waals surface area contributed by atoms with Crippen molar-refractivity contribution in [2.75, 3.05) is 24.3 Å². The minimum Gasteiger partial charge on any atom is -0.495 e. The summed E-state index contributed by atoms with van der Waals surface area (Å²) < 4.78 is 32.7. The molecule has 0 spiro atoms. The SMILES string of the molecule is COc1ccc(NC(C)=O)cc1NC(=O)c1ccc(S(=O)(=O)N2CCCCC2C)cc1. The van der Waals surface area contributed by atoms with Crippen molar-refractivity contribution in [2.24, 2.45) is 0 Å². The van der Waals surface area contributed by atoms with Gasteiger partial charge in [-0.05, 0) is 62.2 Å². The highest BCUT2D eigenvalue weighted by Gasteiger charge is 2.30. The minimum absolute atomic E-state index is 0.0370. The predicted octanol–water partition coefficient (Wildman–Crippen LogP) is 3.47. The quantitative estimate of drug-likeness (QED) is 0.708. The van der Waals surface area contributed by atoms with Crippen LogP contribution < -0.4 is 15.4 Å². The Bertz CT molecular complexity index is 1070. The van der Waals surface area contributed by atoms with E-state index in [0.29, 0.717) is 29.2 Å². The molecule has 1 fully saturated rings. The number of nitrogens with zero attached hydrogens (tertiary/aromatic N) is 1. The number of benzene rings is 2. The van der Waals surface area contributed by atoms with E-state index in [-0.39, 0.29) is 16.8 Å². The van der Waals surface area contributed by atoms with Gasteiger partial charge in [0.15, 0.2) is 0 Å². The first-order chi connectivity index (χ1) is 14.7. The number of amides is 2. The molecular formula is C22H27N3O5S. The van der Waals surface area contributed by atoms with Crippen LogP contribution >= 0.6 is 0 Å². The van der Waals surface area contributed by atoms with Gasteiger partial charge in [0.25, 0.3) is 5.91 Å². The van der Waals surface area contributed by atoms with Crippen LogP contribution in [-0.2, 0) is 14.8 Å². The Morgan fingerprint density at radius 1 is 1.06 bits per heavy atom. The van der Waals surface area contributed by atoms with Gasteiger partial charge in [-0.1, -0.05) is 6.42 Å². The van der Waals surface area contributed by atoms with Crippen molar-refractivity contribution in [2.45, 2.75) is 44.0 Å². The zero-order valence-corrected chi connectivity index (χ0v) is 18.7. The molecule has 9 heteroatoms. The van der Waals surface area contributed by atoms with E-state index in [0.717, 1.165) is 19.3 Å². The molecule has 1 atom stereocenters. The maximum Gasteiger partial charge on any atom is 0.255 e. The van der Waals surface area contributed by atoms with Gasteiger partial charge in [-0.15, -0.1) is 0 Å². The number of methoxy groups -OCH3 is 1. The van der Waals surface area contributed by atoms with Crippen LogP contribution in [-0.4, -0.2) is 44.2 Å². The maximum absolute atomic E-state index is 13.0. The summed E-state index contributed by atoms with van der Waals surface area (Å²) in [5.41, 5.74) is 1.20. The Labute approximate surface area is 182 Å². The largest absolute Gasteiger partial charge is 0.495 e. The summed E-state index contributed by atoms with van der Waals surface area (Å²) in [6.07, 6.45) is 2.72. The smallest absolute Gasteiger partial charge is 0.255 e. The summed E-state index contributed by atoms with van der Waals surface area (Å²) in [4.78, 5) is 24.2. The lowest BCUT2D eigenvalue weighted by Gasteiger charge is -2.32. The molecule has 2 aromatic carbocycles. The zero-order chi connectivity index (χ0) is 22.6. The summed E-state index contributed by atoms with van der Waals surface area (Å²) in [7, 11) is -2.12. The first-order valence-electron chi connectivity index (χ1n) is 10.1. The molecular weight excluding hydrogens is 418 g/mol. The van der Waals surface area contributed by atoms with Crippen LogP contribution in [0.2, 0.25) is 0 Å². The van der Waals surface area contributed by atoms with E-state index in [9.17, 15) is 18.0 Å². The van der Waals surface area contributed by atoms with Crippen molar-refractivity contribution in [3.8, 4) is 5.75 Å². The molecule has 1 aliphatic rings. The normalized spacial score (nSPS) is 17.1. The second kappa shape index (κ2) is 9.49. The summed E-state index contributed by atoms with van der Waals surface area (Å²) in [5.74, 6) is -0.225. The number of hydrogen-bond acceptors (Lipinski definition) is 5. The third-order valence-electron chi connectivity index (χ3n) is 5.23. The fourth-order valence-electron chi connectivity index (χ4n) is 3.62. The van der Waals surface area contributed by atoms with Gasteiger partial charge in [-0.25, -0.2) is 8.42 Å². The van der Waals surface area contributed by atoms with Crippen LogP contribution in [0.25, 0.3) is 0 Å². The second-order valence-corrected chi connectivity index (χ2v) is 9.43. The van der Waals surface area contributed by atoms with Gasteiger partial charge in [-0.2, -0.15) is 4.31 Å². The zero-order valence-electron chi connectivity index (χ0n) is 17.8. The van der Waals surface area contributed by atoms with Crippen molar-refractivity contribution in [1.82, 2.24) is 4.31 Å². The first-order valence-corrected chi connectivity index (χ1v) is 11.6. The summed E-state index contributed by atoms with van der Waals surface area (Å²) in [5, 5.41) is 5.40. The minimum atomic E-state index is -3.60. The van der Waals surface area contributed by atoms with Gasteiger partial charge in [0.1, 0.15) is 5.75 Å². The molecule has 1 saturated heterocycles. The fourth-order valence-corrected chi connectivity index (χ4v) is 5.32. The molecule has 8 nitrogen and oxygen atoms in total. The molecule has 2 N–H and O–H groups in total. The lowest BCUT2D eigenvalue weighted by atomic mass is 10.1. The van der Waals surface area contributed by atoms with Crippen LogP contribution in [0.4, 0.5) is 11.4 Å². The third kappa shape index (κ3) is 5.23. The Balaban J connectivity index is 1.79. The first kappa shape index (κ1) is 22.8. The van der Waals surface area contributed by atoms with Crippen molar-refractivity contribution < 1.29 is 22.7 Å². The molecule has 0 saturated carbocycles. The number of sulfonamides is 1. The van der Waals surface area contributed by atoms with Gasteiger partial charge >= 0.3 is 0 Å². The molecule has 0 aromatic heterocycles. The van der Waals surface area contributed by atoms with Gasteiger partial charge < -0.3 is 15.4 Å². The van der Waals surface area contributed by atoms with Crippen LogP contribution in [0.1, 0.15) is 43.5 Å². The average molecular weight is 446 g/mol. The van der Waals surface area contributed by atoms with E-state index in [4.69, 9.17) is 4.74 Å². The topological polar surface area (TPSA) is 105 Å². The van der Waals surface area contributed by atoms with Crippen molar-refractivity contribution in [1.29, 1.82) is 0 Å². The van der Waals surface area contributed by atoms with E-state index in [1.165, 1.54) is 42.6 Å². The summed E-state index contributed by atoms with van der Waals surface area (Å²) in [6, 6.07) is 10.7. The van der Waals surface area contributed by atoms with Crippen molar-refractivity contribution >= 4 is 33.2 Å². The molecule has 0 radical (unpaired) electrons. The lowest BCUT2D eigenvalue weighted by Crippen LogP contribution is -2.41. The second-order valence-electron chi connectivity index (χ2n) is 7.54. The van der Waals surface area contributed by atoms with Crippen LogP contribution in [0.5, 0.6) is 5.75 Å². The number of carbonyl (C=O) groups is 2. The number of ether oxygens (including phenoxy) is 1. The van der Waals surface area contributed by atoms with Crippen LogP contribution in [0, 0.1) is 0 Å². The highest BCUT2D eigenvalue weighted by molar-refractivity contribution is 7.89. The van der Waals surface area contributed by atoms with E-state index in [2.05, 4.69) is 10.6 Å². The Kier molecular flexibility index (Phi) is 6.97. The van der Waals surface area contributed by atoms with Gasteiger partial charge in [0.05, 0.1) is 17.7 Å². The fraction of sp³-hybridized carbons (Fsp3) is 0.364. The molecule has 3 rings (SSSR count). The molecule has 0 bridgehead atoms. The molecule has 1 unspecified atom stereocenters. The number of rotatable bonds is 6. The molecule has 2 aromatic rings. The molecule has 31 heavy (non-hydrogen) atoms. The van der Waals surface area contributed by atoms with E-state index in [1.54, 1.807) is 18.2 Å². The average Bonchev–Trinajstić information content (AvgIpc) is 2.74. The van der Waals surface area contributed by atoms with E-state index in [1.807, 2.05) is 6.92 Å². The number of carbonyl (C=O) groups excluding carboxylic acids is 2. The highest BCUT2D eigenvalue weighted by atomic mass is 32.2. The van der Waals surface area contributed by atoms with E-state index >= 15 is 0 Å². The number of piperidine rings is 1. The summed E-state index contributed by atoms with van der Waals surface area (Å²) in [6.45, 7) is 3.82. The predicted molar refractivity (Wildman–Crippen MR) is 119 cm³/mol. The summed E-state index contributed by atoms with van der Waals surface area (Å²) >= 11 is 0. The standard InChI is InChI=1S/C22H27N3O5S/c1-15-6-4-5-13-25(15)31(28,29)19-10-7-17(8-11-19)22(27)24-20-14-18(23-16(2)26)9-12-21(20)30-3/h7-12,14-15H,4-6,13H2,1-3H3,(H,23,26)(H,24,27). The molecule has 1 aliphatic heterocycles. The highest BCUT2D eigenvalue weighted by Crippen LogP contribution is 2.29. The monoisotopic (exact) mass is 445 g/mol.